The Morgan fingerprint density at radius 1 is 1.33 bits per heavy atom. The SMILES string of the molecule is OC/C=C/c1cc(Cl)nc(Cl)c1. The minimum Gasteiger partial charge on any atom is -0.392 e. The van der Waals surface area contributed by atoms with Crippen LogP contribution < -0.4 is 0 Å². The first-order valence-corrected chi connectivity index (χ1v) is 4.08. The van der Waals surface area contributed by atoms with E-state index in [4.69, 9.17) is 28.3 Å². The van der Waals surface area contributed by atoms with Gasteiger partial charge in [-0.3, -0.25) is 0 Å². The molecule has 1 rings (SSSR count). The fourth-order valence-electron chi connectivity index (χ4n) is 0.768. The first-order chi connectivity index (χ1) is 5.72. The van der Waals surface area contributed by atoms with Crippen molar-refractivity contribution >= 4 is 29.3 Å². The molecule has 0 aliphatic heterocycles. The minimum absolute atomic E-state index is 0.00242. The summed E-state index contributed by atoms with van der Waals surface area (Å²) in [6, 6.07) is 3.33. The van der Waals surface area contributed by atoms with Crippen molar-refractivity contribution in [2.75, 3.05) is 6.61 Å². The van der Waals surface area contributed by atoms with Gasteiger partial charge in [-0.15, -0.1) is 0 Å². The van der Waals surface area contributed by atoms with Crippen molar-refractivity contribution in [1.29, 1.82) is 0 Å². The van der Waals surface area contributed by atoms with E-state index in [1.54, 1.807) is 24.3 Å². The van der Waals surface area contributed by atoms with E-state index in [1.807, 2.05) is 0 Å². The first kappa shape index (κ1) is 9.52. The smallest absolute Gasteiger partial charge is 0.131 e. The van der Waals surface area contributed by atoms with E-state index in [9.17, 15) is 0 Å². The van der Waals surface area contributed by atoms with Crippen molar-refractivity contribution in [2.24, 2.45) is 0 Å². The second-order valence-corrected chi connectivity index (χ2v) is 2.91. The van der Waals surface area contributed by atoms with Gasteiger partial charge < -0.3 is 5.11 Å². The van der Waals surface area contributed by atoms with Crippen LogP contribution in [0.15, 0.2) is 18.2 Å². The van der Waals surface area contributed by atoms with Gasteiger partial charge in [0.05, 0.1) is 6.61 Å². The van der Waals surface area contributed by atoms with Crippen LogP contribution in [0, 0.1) is 0 Å². The third-order valence-electron chi connectivity index (χ3n) is 1.20. The van der Waals surface area contributed by atoms with E-state index in [-0.39, 0.29) is 6.61 Å². The van der Waals surface area contributed by atoms with E-state index < -0.39 is 0 Å². The molecule has 0 amide bonds. The van der Waals surface area contributed by atoms with Crippen molar-refractivity contribution in [1.82, 2.24) is 4.98 Å². The van der Waals surface area contributed by atoms with Crippen molar-refractivity contribution < 1.29 is 5.11 Å². The van der Waals surface area contributed by atoms with Gasteiger partial charge in [0, 0.05) is 0 Å². The molecule has 0 fully saturated rings. The van der Waals surface area contributed by atoms with E-state index in [2.05, 4.69) is 4.98 Å². The maximum absolute atomic E-state index is 8.50. The molecular weight excluding hydrogens is 197 g/mol. The molecule has 0 aliphatic carbocycles. The van der Waals surface area contributed by atoms with E-state index in [0.717, 1.165) is 5.56 Å². The molecule has 0 saturated carbocycles. The van der Waals surface area contributed by atoms with Gasteiger partial charge in [0.1, 0.15) is 10.3 Å². The molecule has 1 heterocycles. The van der Waals surface area contributed by atoms with Crippen molar-refractivity contribution in [2.45, 2.75) is 0 Å². The first-order valence-electron chi connectivity index (χ1n) is 3.33. The molecule has 0 aliphatic rings. The second-order valence-electron chi connectivity index (χ2n) is 2.13. The molecule has 0 atom stereocenters. The largest absolute Gasteiger partial charge is 0.392 e. The summed E-state index contributed by atoms with van der Waals surface area (Å²) in [6.07, 6.45) is 3.32. The highest BCUT2D eigenvalue weighted by Crippen LogP contribution is 2.15. The Balaban J connectivity index is 2.93. The van der Waals surface area contributed by atoms with E-state index in [1.165, 1.54) is 0 Å². The monoisotopic (exact) mass is 203 g/mol. The summed E-state index contributed by atoms with van der Waals surface area (Å²) in [6.45, 7) is -0.00242. The average Bonchev–Trinajstić information content (AvgIpc) is 1.99. The quantitative estimate of drug-likeness (QED) is 0.750. The Kier molecular flexibility index (Phi) is 3.53. The van der Waals surface area contributed by atoms with Crippen molar-refractivity contribution in [3.63, 3.8) is 0 Å². The lowest BCUT2D eigenvalue weighted by Gasteiger charge is -1.95. The number of hydrogen-bond donors (Lipinski definition) is 1. The Labute approximate surface area is 80.5 Å². The van der Waals surface area contributed by atoms with Crippen LogP contribution in [0.1, 0.15) is 5.56 Å². The number of aliphatic hydroxyl groups is 1. The molecule has 0 radical (unpaired) electrons. The molecule has 0 unspecified atom stereocenters. The molecule has 4 heteroatoms. The Hall–Kier alpha value is -0.570. The molecule has 12 heavy (non-hydrogen) atoms. The van der Waals surface area contributed by atoms with Crippen molar-refractivity contribution in [3.8, 4) is 0 Å². The summed E-state index contributed by atoms with van der Waals surface area (Å²) in [5, 5.41) is 9.19. The average molecular weight is 204 g/mol. The lowest BCUT2D eigenvalue weighted by Crippen LogP contribution is -1.80. The normalized spacial score (nSPS) is 10.9. The predicted molar refractivity (Wildman–Crippen MR) is 50.4 cm³/mol. The van der Waals surface area contributed by atoms with Crippen LogP contribution in [0.4, 0.5) is 0 Å². The van der Waals surface area contributed by atoms with Crippen LogP contribution in [0.3, 0.4) is 0 Å². The Morgan fingerprint density at radius 2 is 1.92 bits per heavy atom. The lowest BCUT2D eigenvalue weighted by atomic mass is 10.2. The molecular formula is C8H7Cl2NO. The van der Waals surface area contributed by atoms with Crippen LogP contribution in [0.25, 0.3) is 6.08 Å². The zero-order valence-corrected chi connectivity index (χ0v) is 7.68. The standard InChI is InChI=1S/C8H7Cl2NO/c9-7-4-6(2-1-3-12)5-8(10)11-7/h1-2,4-5,12H,3H2/b2-1+. The maximum Gasteiger partial charge on any atom is 0.131 e. The molecule has 64 valence electrons. The maximum atomic E-state index is 8.50. The Bertz CT molecular complexity index is 279. The third kappa shape index (κ3) is 2.81. The summed E-state index contributed by atoms with van der Waals surface area (Å²) < 4.78 is 0. The van der Waals surface area contributed by atoms with Crippen molar-refractivity contribution in [3.05, 3.63) is 34.1 Å². The Morgan fingerprint density at radius 3 is 2.42 bits per heavy atom. The fourth-order valence-corrected chi connectivity index (χ4v) is 1.25. The molecule has 0 bridgehead atoms. The minimum atomic E-state index is -0.00242. The zero-order valence-electron chi connectivity index (χ0n) is 6.17. The van der Waals surface area contributed by atoms with Gasteiger partial charge in [0.15, 0.2) is 0 Å². The highest BCUT2D eigenvalue weighted by molar-refractivity contribution is 6.32. The number of pyridine rings is 1. The van der Waals surface area contributed by atoms with Crippen LogP contribution in [-0.4, -0.2) is 16.7 Å². The van der Waals surface area contributed by atoms with Crippen LogP contribution >= 0.6 is 23.2 Å². The highest BCUT2D eigenvalue weighted by Gasteiger charge is 1.95. The van der Waals surface area contributed by atoms with Crippen LogP contribution in [0.2, 0.25) is 10.3 Å². The number of hydrogen-bond acceptors (Lipinski definition) is 2. The van der Waals surface area contributed by atoms with Gasteiger partial charge in [0.2, 0.25) is 0 Å². The summed E-state index contributed by atoms with van der Waals surface area (Å²) in [4.78, 5) is 3.78. The van der Waals surface area contributed by atoms with Gasteiger partial charge in [-0.2, -0.15) is 0 Å². The topological polar surface area (TPSA) is 33.1 Å². The number of halogens is 2. The number of rotatable bonds is 2. The van der Waals surface area contributed by atoms with Crippen LogP contribution in [-0.2, 0) is 0 Å². The van der Waals surface area contributed by atoms with Gasteiger partial charge in [-0.1, -0.05) is 35.4 Å². The molecule has 1 aromatic heterocycles. The van der Waals surface area contributed by atoms with Gasteiger partial charge in [-0.05, 0) is 17.7 Å². The molecule has 0 saturated heterocycles. The zero-order chi connectivity index (χ0) is 8.97. The second kappa shape index (κ2) is 4.45. The summed E-state index contributed by atoms with van der Waals surface area (Å²) >= 11 is 11.3. The highest BCUT2D eigenvalue weighted by atomic mass is 35.5. The van der Waals surface area contributed by atoms with E-state index >= 15 is 0 Å². The fraction of sp³-hybridized carbons (Fsp3) is 0.125. The van der Waals surface area contributed by atoms with E-state index in [0.29, 0.717) is 10.3 Å². The molecule has 1 aromatic rings. The molecule has 1 N–H and O–H groups in total. The van der Waals surface area contributed by atoms with Gasteiger partial charge in [-0.25, -0.2) is 4.98 Å². The summed E-state index contributed by atoms with van der Waals surface area (Å²) in [5.74, 6) is 0. The third-order valence-corrected chi connectivity index (χ3v) is 1.59. The van der Waals surface area contributed by atoms with Gasteiger partial charge >= 0.3 is 0 Å². The van der Waals surface area contributed by atoms with Gasteiger partial charge in [0.25, 0.3) is 0 Å². The molecule has 0 spiro atoms. The lowest BCUT2D eigenvalue weighted by molar-refractivity contribution is 0.343. The molecule has 2 nitrogen and oxygen atoms in total. The number of aliphatic hydroxyl groups excluding tert-OH is 1. The number of aromatic nitrogens is 1. The summed E-state index contributed by atoms with van der Waals surface area (Å²) in [5.41, 5.74) is 0.828. The molecule has 0 aromatic carbocycles. The number of nitrogens with zero attached hydrogens (tertiary/aromatic N) is 1. The predicted octanol–water partition coefficient (Wildman–Crippen LogP) is 2.39. The summed E-state index contributed by atoms with van der Waals surface area (Å²) in [7, 11) is 0. The van der Waals surface area contributed by atoms with Crippen LogP contribution in [0.5, 0.6) is 0 Å².